The van der Waals surface area contributed by atoms with Gasteiger partial charge in [-0.15, -0.1) is 0 Å². The van der Waals surface area contributed by atoms with E-state index in [9.17, 15) is 19.5 Å². The number of phenols is 1. The lowest BCUT2D eigenvalue weighted by Crippen LogP contribution is -2.52. The lowest BCUT2D eigenvalue weighted by molar-refractivity contribution is 0.0490. The zero-order valence-electron chi connectivity index (χ0n) is 17.9. The molecule has 0 radical (unpaired) electrons. The first kappa shape index (κ1) is 20.9. The highest BCUT2D eigenvalue weighted by Crippen LogP contribution is 2.42. The number of rotatable bonds is 4. The van der Waals surface area contributed by atoms with E-state index in [1.807, 2.05) is 48.6 Å². The summed E-state index contributed by atoms with van der Waals surface area (Å²) >= 11 is 0. The summed E-state index contributed by atoms with van der Waals surface area (Å²) in [5.41, 5.74) is 1.77. The van der Waals surface area contributed by atoms with E-state index in [0.717, 1.165) is 5.56 Å². The second-order valence-electron chi connectivity index (χ2n) is 8.50. The number of amides is 1. The van der Waals surface area contributed by atoms with Crippen LogP contribution in [0.5, 0.6) is 5.75 Å². The fourth-order valence-corrected chi connectivity index (χ4v) is 4.98. The molecule has 0 spiro atoms. The summed E-state index contributed by atoms with van der Waals surface area (Å²) in [5.74, 6) is -2.17. The summed E-state index contributed by atoms with van der Waals surface area (Å²) in [7, 11) is 0. The molecule has 0 aliphatic heterocycles. The molecule has 1 N–H and O–H groups in total. The second kappa shape index (κ2) is 8.51. The van der Waals surface area contributed by atoms with Gasteiger partial charge in [0.25, 0.3) is 5.91 Å². The zero-order chi connectivity index (χ0) is 22.9. The van der Waals surface area contributed by atoms with Crippen molar-refractivity contribution in [3.63, 3.8) is 0 Å². The number of aromatic hydroxyl groups is 1. The Morgan fingerprint density at radius 1 is 0.879 bits per heavy atom. The van der Waals surface area contributed by atoms with Crippen LogP contribution >= 0.6 is 0 Å². The lowest BCUT2D eigenvalue weighted by atomic mass is 9.66. The van der Waals surface area contributed by atoms with Crippen LogP contribution in [0, 0.1) is 11.8 Å². The van der Waals surface area contributed by atoms with E-state index in [4.69, 9.17) is 0 Å². The van der Waals surface area contributed by atoms with Crippen LogP contribution in [0.3, 0.4) is 0 Å². The summed E-state index contributed by atoms with van der Waals surface area (Å²) in [4.78, 5) is 42.3. The van der Waals surface area contributed by atoms with Crippen molar-refractivity contribution in [3.8, 4) is 5.75 Å². The number of fused-ring (bicyclic) bond motifs is 2. The second-order valence-corrected chi connectivity index (χ2v) is 8.50. The number of carbonyl (C=O) groups excluding carboxylic acids is 3. The molecule has 3 aromatic carbocycles. The Labute approximate surface area is 192 Å². The van der Waals surface area contributed by atoms with Gasteiger partial charge >= 0.3 is 0 Å². The number of Topliss-reactive ketones (excluding diaryl/α,β-unsaturated/α-hetero) is 2. The first-order chi connectivity index (χ1) is 16.1. The standard InChI is InChI=1S/C28H23NO4/c30-23-16-8-14-21-25(23)27(32)24-20(26(21)31)13-7-15-22(24)29(17-18-9-3-1-4-10-18)28(33)19-11-5-2-6-12-19/h1-12,14-16,20,22,24,30H,13,17H2. The maximum absolute atomic E-state index is 13.7. The molecule has 5 rings (SSSR count). The molecule has 0 saturated heterocycles. The molecule has 0 aromatic heterocycles. The normalized spacial score (nSPS) is 21.3. The van der Waals surface area contributed by atoms with Crippen molar-refractivity contribution >= 4 is 17.5 Å². The Hall–Kier alpha value is -3.99. The molecule has 3 aromatic rings. The lowest BCUT2D eigenvalue weighted by Gasteiger charge is -2.42. The van der Waals surface area contributed by atoms with Crippen LogP contribution in [0.15, 0.2) is 91.0 Å². The van der Waals surface area contributed by atoms with E-state index in [-0.39, 0.29) is 34.4 Å². The van der Waals surface area contributed by atoms with Crippen LogP contribution in [0.4, 0.5) is 0 Å². The number of benzene rings is 3. The van der Waals surface area contributed by atoms with E-state index in [1.165, 1.54) is 6.07 Å². The molecule has 0 saturated carbocycles. The average molecular weight is 437 g/mol. The Balaban J connectivity index is 1.60. The molecule has 2 aliphatic carbocycles. The number of phenolic OH excluding ortho intramolecular Hbond substituents is 1. The fourth-order valence-electron chi connectivity index (χ4n) is 4.98. The first-order valence-corrected chi connectivity index (χ1v) is 11.0. The monoisotopic (exact) mass is 437 g/mol. The number of ketones is 2. The Morgan fingerprint density at radius 3 is 2.30 bits per heavy atom. The van der Waals surface area contributed by atoms with Gasteiger partial charge in [-0.3, -0.25) is 14.4 Å². The van der Waals surface area contributed by atoms with E-state index < -0.39 is 17.9 Å². The summed E-state index contributed by atoms with van der Waals surface area (Å²) in [6.07, 6.45) is 4.18. The van der Waals surface area contributed by atoms with Crippen LogP contribution in [0.1, 0.15) is 43.1 Å². The van der Waals surface area contributed by atoms with Crippen molar-refractivity contribution in [3.05, 3.63) is 113 Å². The van der Waals surface area contributed by atoms with Crippen molar-refractivity contribution in [1.82, 2.24) is 4.90 Å². The topological polar surface area (TPSA) is 74.7 Å². The molecule has 1 amide bonds. The van der Waals surface area contributed by atoms with Gasteiger partial charge in [-0.1, -0.05) is 72.8 Å². The van der Waals surface area contributed by atoms with Gasteiger partial charge in [-0.05, 0) is 30.2 Å². The molecule has 5 heteroatoms. The predicted octanol–water partition coefficient (Wildman–Crippen LogP) is 4.67. The minimum absolute atomic E-state index is 0.0656. The Bertz CT molecular complexity index is 1250. The van der Waals surface area contributed by atoms with Crippen molar-refractivity contribution in [1.29, 1.82) is 0 Å². The van der Waals surface area contributed by atoms with E-state index in [2.05, 4.69) is 0 Å². The number of carbonyl (C=O) groups is 3. The highest BCUT2D eigenvalue weighted by Gasteiger charge is 2.49. The highest BCUT2D eigenvalue weighted by atomic mass is 16.3. The maximum atomic E-state index is 13.7. The fraction of sp³-hybridized carbons (Fsp3) is 0.179. The number of hydrogen-bond donors (Lipinski definition) is 1. The van der Waals surface area contributed by atoms with Gasteiger partial charge in [-0.2, -0.15) is 0 Å². The molecular weight excluding hydrogens is 414 g/mol. The number of allylic oxidation sites excluding steroid dienone is 1. The van der Waals surface area contributed by atoms with Crippen molar-refractivity contribution in [2.45, 2.75) is 19.0 Å². The zero-order valence-corrected chi connectivity index (χ0v) is 17.9. The van der Waals surface area contributed by atoms with Crippen LogP contribution in [-0.4, -0.2) is 33.5 Å². The largest absolute Gasteiger partial charge is 0.507 e. The molecule has 0 fully saturated rings. The van der Waals surface area contributed by atoms with Crippen molar-refractivity contribution in [2.75, 3.05) is 0 Å². The van der Waals surface area contributed by atoms with Gasteiger partial charge in [0.1, 0.15) is 5.75 Å². The molecular formula is C28H23NO4. The molecule has 0 bridgehead atoms. The third-order valence-corrected chi connectivity index (χ3v) is 6.56. The summed E-state index contributed by atoms with van der Waals surface area (Å²) in [5, 5.41) is 10.4. The van der Waals surface area contributed by atoms with E-state index in [0.29, 0.717) is 18.5 Å². The number of nitrogens with zero attached hydrogens (tertiary/aromatic N) is 1. The highest BCUT2D eigenvalue weighted by molar-refractivity contribution is 6.18. The van der Waals surface area contributed by atoms with Gasteiger partial charge in [0, 0.05) is 23.6 Å². The first-order valence-electron chi connectivity index (χ1n) is 11.0. The van der Waals surface area contributed by atoms with E-state index >= 15 is 0 Å². The Morgan fingerprint density at radius 2 is 1.58 bits per heavy atom. The molecule has 3 unspecified atom stereocenters. The van der Waals surface area contributed by atoms with Gasteiger partial charge in [0.05, 0.1) is 17.5 Å². The summed E-state index contributed by atoms with van der Waals surface area (Å²) in [6, 6.07) is 22.5. The summed E-state index contributed by atoms with van der Waals surface area (Å²) in [6.45, 7) is 0.294. The average Bonchev–Trinajstić information content (AvgIpc) is 2.86. The van der Waals surface area contributed by atoms with Crippen molar-refractivity contribution in [2.24, 2.45) is 11.8 Å². The minimum atomic E-state index is -0.750. The van der Waals surface area contributed by atoms with Gasteiger partial charge < -0.3 is 10.0 Å². The maximum Gasteiger partial charge on any atom is 0.254 e. The van der Waals surface area contributed by atoms with Crippen molar-refractivity contribution < 1.29 is 19.5 Å². The molecule has 2 aliphatic rings. The minimum Gasteiger partial charge on any atom is -0.507 e. The smallest absolute Gasteiger partial charge is 0.254 e. The van der Waals surface area contributed by atoms with E-state index in [1.54, 1.807) is 41.3 Å². The summed E-state index contributed by atoms with van der Waals surface area (Å²) < 4.78 is 0. The van der Waals surface area contributed by atoms with Gasteiger partial charge in [-0.25, -0.2) is 0 Å². The third-order valence-electron chi connectivity index (χ3n) is 6.56. The van der Waals surface area contributed by atoms with Gasteiger partial charge in [0.15, 0.2) is 11.6 Å². The van der Waals surface area contributed by atoms with Crippen LogP contribution in [-0.2, 0) is 6.54 Å². The molecule has 164 valence electrons. The number of hydrogen-bond acceptors (Lipinski definition) is 4. The van der Waals surface area contributed by atoms with Crippen LogP contribution in [0.2, 0.25) is 0 Å². The predicted molar refractivity (Wildman–Crippen MR) is 124 cm³/mol. The molecule has 0 heterocycles. The quantitative estimate of drug-likeness (QED) is 0.602. The molecule has 33 heavy (non-hydrogen) atoms. The van der Waals surface area contributed by atoms with Crippen LogP contribution < -0.4 is 0 Å². The molecule has 3 atom stereocenters. The molecule has 5 nitrogen and oxygen atoms in total. The van der Waals surface area contributed by atoms with Gasteiger partial charge in [0.2, 0.25) is 0 Å². The SMILES string of the molecule is O=C1c2cccc(O)c2C(=O)C2C1CC=CC2N(Cc1ccccc1)C(=O)c1ccccc1. The third kappa shape index (κ3) is 3.65. The van der Waals surface area contributed by atoms with Crippen LogP contribution in [0.25, 0.3) is 0 Å². The Kier molecular flexibility index (Phi) is 5.38.